The van der Waals surface area contributed by atoms with Gasteiger partial charge in [-0.2, -0.15) is 0 Å². The molecule has 0 aliphatic rings. The summed E-state index contributed by atoms with van der Waals surface area (Å²) >= 11 is 0. The summed E-state index contributed by atoms with van der Waals surface area (Å²) in [6, 6.07) is 30.7. The van der Waals surface area contributed by atoms with Crippen LogP contribution in [0.3, 0.4) is 0 Å². The van der Waals surface area contributed by atoms with Crippen LogP contribution in [0.1, 0.15) is 27.7 Å². The number of fused-ring (bicyclic) bond motifs is 1. The lowest BCUT2D eigenvalue weighted by molar-refractivity contribution is -0.120. The Morgan fingerprint density at radius 1 is 0.861 bits per heavy atom. The molecule has 4 aromatic carbocycles. The molecule has 1 atom stereocenters. The molecule has 7 nitrogen and oxygen atoms in total. The van der Waals surface area contributed by atoms with Crippen LogP contribution in [-0.4, -0.2) is 28.6 Å². The van der Waals surface area contributed by atoms with E-state index in [4.69, 9.17) is 4.52 Å². The first-order valence-electron chi connectivity index (χ1n) is 11.5. The second-order valence-electron chi connectivity index (χ2n) is 8.26. The molecule has 36 heavy (non-hydrogen) atoms. The fourth-order valence-electron chi connectivity index (χ4n) is 4.14. The SMILES string of the molecule is O=C(CNC(=O)c1cc(-c2ccccc2)on1)NC(c1ccccc1)c1c(O)ccc2ccccc12. The van der Waals surface area contributed by atoms with Crippen molar-refractivity contribution in [3.05, 3.63) is 120 Å². The van der Waals surface area contributed by atoms with E-state index in [0.717, 1.165) is 21.9 Å². The summed E-state index contributed by atoms with van der Waals surface area (Å²) in [6.07, 6.45) is 0. The molecule has 178 valence electrons. The molecule has 2 amide bonds. The van der Waals surface area contributed by atoms with Gasteiger partial charge in [-0.1, -0.05) is 96.2 Å². The van der Waals surface area contributed by atoms with E-state index in [-0.39, 0.29) is 18.0 Å². The van der Waals surface area contributed by atoms with Crippen LogP contribution >= 0.6 is 0 Å². The first kappa shape index (κ1) is 22.9. The molecule has 1 aromatic heterocycles. The maximum Gasteiger partial charge on any atom is 0.273 e. The van der Waals surface area contributed by atoms with Gasteiger partial charge in [0, 0.05) is 17.2 Å². The van der Waals surface area contributed by atoms with Gasteiger partial charge in [0.1, 0.15) is 5.75 Å². The summed E-state index contributed by atoms with van der Waals surface area (Å²) in [5.74, 6) is -0.416. The second-order valence-corrected chi connectivity index (χ2v) is 8.26. The van der Waals surface area contributed by atoms with Crippen molar-refractivity contribution in [3.8, 4) is 17.1 Å². The van der Waals surface area contributed by atoms with Gasteiger partial charge in [0.2, 0.25) is 5.91 Å². The fourth-order valence-corrected chi connectivity index (χ4v) is 4.14. The van der Waals surface area contributed by atoms with Crippen molar-refractivity contribution in [2.75, 3.05) is 6.54 Å². The van der Waals surface area contributed by atoms with E-state index in [1.807, 2.05) is 91.0 Å². The number of hydrogen-bond acceptors (Lipinski definition) is 5. The second kappa shape index (κ2) is 10.1. The number of rotatable bonds is 7. The van der Waals surface area contributed by atoms with Crippen LogP contribution < -0.4 is 10.6 Å². The Morgan fingerprint density at radius 3 is 2.33 bits per heavy atom. The third kappa shape index (κ3) is 4.81. The Hall–Kier alpha value is -4.91. The Morgan fingerprint density at radius 2 is 1.56 bits per heavy atom. The average molecular weight is 478 g/mol. The first-order valence-corrected chi connectivity index (χ1v) is 11.5. The van der Waals surface area contributed by atoms with Crippen molar-refractivity contribution >= 4 is 22.6 Å². The summed E-state index contributed by atoms with van der Waals surface area (Å²) in [6.45, 7) is -0.277. The number of aromatic nitrogens is 1. The van der Waals surface area contributed by atoms with E-state index in [1.54, 1.807) is 6.07 Å². The topological polar surface area (TPSA) is 104 Å². The number of hydrogen-bond donors (Lipinski definition) is 3. The van der Waals surface area contributed by atoms with E-state index in [1.165, 1.54) is 6.07 Å². The third-order valence-corrected chi connectivity index (χ3v) is 5.89. The molecule has 0 aliphatic carbocycles. The lowest BCUT2D eigenvalue weighted by Gasteiger charge is -2.22. The number of amides is 2. The zero-order chi connectivity index (χ0) is 24.9. The maximum absolute atomic E-state index is 13.0. The summed E-state index contributed by atoms with van der Waals surface area (Å²) in [5.41, 5.74) is 2.26. The quantitative estimate of drug-likeness (QED) is 0.311. The summed E-state index contributed by atoms with van der Waals surface area (Å²) in [7, 11) is 0. The van der Waals surface area contributed by atoms with E-state index >= 15 is 0 Å². The zero-order valence-electron chi connectivity index (χ0n) is 19.2. The Labute approximate surface area is 207 Å². The van der Waals surface area contributed by atoms with Crippen molar-refractivity contribution in [1.29, 1.82) is 0 Å². The molecular formula is C29H23N3O4. The summed E-state index contributed by atoms with van der Waals surface area (Å²) in [5, 5.41) is 21.9. The lowest BCUT2D eigenvalue weighted by atomic mass is 9.92. The van der Waals surface area contributed by atoms with Crippen molar-refractivity contribution in [2.45, 2.75) is 6.04 Å². The van der Waals surface area contributed by atoms with Crippen LogP contribution in [0.2, 0.25) is 0 Å². The van der Waals surface area contributed by atoms with Crippen LogP contribution in [0.15, 0.2) is 108 Å². The number of benzene rings is 4. The minimum absolute atomic E-state index is 0.0722. The molecule has 5 aromatic rings. The van der Waals surface area contributed by atoms with Crippen LogP contribution in [-0.2, 0) is 4.79 Å². The molecule has 3 N–H and O–H groups in total. The summed E-state index contributed by atoms with van der Waals surface area (Å²) in [4.78, 5) is 25.6. The van der Waals surface area contributed by atoms with Gasteiger partial charge in [-0.05, 0) is 22.4 Å². The predicted molar refractivity (Wildman–Crippen MR) is 136 cm³/mol. The van der Waals surface area contributed by atoms with Crippen molar-refractivity contribution in [2.24, 2.45) is 0 Å². The van der Waals surface area contributed by atoms with Crippen LogP contribution in [0, 0.1) is 0 Å². The highest BCUT2D eigenvalue weighted by Crippen LogP contribution is 2.35. The van der Waals surface area contributed by atoms with Gasteiger partial charge in [-0.3, -0.25) is 9.59 Å². The highest BCUT2D eigenvalue weighted by atomic mass is 16.5. The third-order valence-electron chi connectivity index (χ3n) is 5.89. The van der Waals surface area contributed by atoms with Crippen LogP contribution in [0.25, 0.3) is 22.1 Å². The minimum Gasteiger partial charge on any atom is -0.508 e. The number of aromatic hydroxyl groups is 1. The van der Waals surface area contributed by atoms with E-state index in [9.17, 15) is 14.7 Å². The van der Waals surface area contributed by atoms with Gasteiger partial charge >= 0.3 is 0 Å². The molecule has 1 unspecified atom stereocenters. The number of phenols is 1. The number of carbonyl (C=O) groups is 2. The van der Waals surface area contributed by atoms with Crippen molar-refractivity contribution in [1.82, 2.24) is 15.8 Å². The molecule has 0 aliphatic heterocycles. The van der Waals surface area contributed by atoms with E-state index < -0.39 is 17.9 Å². The lowest BCUT2D eigenvalue weighted by Crippen LogP contribution is -2.39. The molecule has 0 spiro atoms. The van der Waals surface area contributed by atoms with Gasteiger partial charge in [0.25, 0.3) is 5.91 Å². The molecule has 0 radical (unpaired) electrons. The smallest absolute Gasteiger partial charge is 0.273 e. The standard InChI is InChI=1S/C29H23N3O4/c33-24-16-15-19-9-7-8-14-22(19)27(24)28(21-12-5-2-6-13-21)31-26(34)18-30-29(35)23-17-25(36-32-23)20-10-3-1-4-11-20/h1-17,28,33H,18H2,(H,30,35)(H,31,34). The molecule has 1 heterocycles. The highest BCUT2D eigenvalue weighted by Gasteiger charge is 2.23. The largest absolute Gasteiger partial charge is 0.508 e. The summed E-state index contributed by atoms with van der Waals surface area (Å²) < 4.78 is 5.27. The number of nitrogens with zero attached hydrogens (tertiary/aromatic N) is 1. The Balaban J connectivity index is 1.34. The monoisotopic (exact) mass is 477 g/mol. The highest BCUT2D eigenvalue weighted by molar-refractivity contribution is 5.96. The molecule has 5 rings (SSSR count). The fraction of sp³-hybridized carbons (Fsp3) is 0.0690. The Bertz CT molecular complexity index is 1510. The van der Waals surface area contributed by atoms with Crippen LogP contribution in [0.5, 0.6) is 5.75 Å². The molecule has 0 saturated carbocycles. The van der Waals surface area contributed by atoms with Gasteiger partial charge in [0.05, 0.1) is 12.6 Å². The average Bonchev–Trinajstić information content (AvgIpc) is 3.42. The normalized spacial score (nSPS) is 11.7. The van der Waals surface area contributed by atoms with Crippen molar-refractivity contribution < 1.29 is 19.2 Å². The predicted octanol–water partition coefficient (Wildman–Crippen LogP) is 4.84. The van der Waals surface area contributed by atoms with Gasteiger partial charge in [-0.25, -0.2) is 0 Å². The number of carbonyl (C=O) groups excluding carboxylic acids is 2. The molecule has 7 heteroatoms. The molecule has 0 fully saturated rings. The van der Waals surface area contributed by atoms with Crippen LogP contribution in [0.4, 0.5) is 0 Å². The molecule has 0 bridgehead atoms. The molecule has 0 saturated heterocycles. The maximum atomic E-state index is 13.0. The Kier molecular flexibility index (Phi) is 6.44. The zero-order valence-corrected chi connectivity index (χ0v) is 19.2. The van der Waals surface area contributed by atoms with Gasteiger partial charge in [0.15, 0.2) is 11.5 Å². The first-order chi connectivity index (χ1) is 17.6. The number of phenolic OH excluding ortho intramolecular Hbond substituents is 1. The van der Waals surface area contributed by atoms with Crippen molar-refractivity contribution in [3.63, 3.8) is 0 Å². The number of nitrogens with one attached hydrogen (secondary N) is 2. The van der Waals surface area contributed by atoms with E-state index in [0.29, 0.717) is 11.3 Å². The van der Waals surface area contributed by atoms with Gasteiger partial charge < -0.3 is 20.3 Å². The van der Waals surface area contributed by atoms with E-state index in [2.05, 4.69) is 15.8 Å². The molecular weight excluding hydrogens is 454 g/mol. The van der Waals surface area contributed by atoms with Gasteiger partial charge in [-0.15, -0.1) is 0 Å². The minimum atomic E-state index is -0.626.